The Bertz CT molecular complexity index is 1250. The lowest BCUT2D eigenvalue weighted by atomic mass is 10.0. The number of amides is 1. The van der Waals surface area contributed by atoms with E-state index >= 15 is 0 Å². The maximum atomic E-state index is 13.0. The van der Waals surface area contributed by atoms with Gasteiger partial charge in [-0.05, 0) is 73.9 Å². The second kappa shape index (κ2) is 7.35. The molecule has 2 heterocycles. The zero-order valence-electron chi connectivity index (χ0n) is 16.3. The lowest BCUT2D eigenvalue weighted by Gasteiger charge is -2.24. The van der Waals surface area contributed by atoms with Crippen molar-refractivity contribution in [1.82, 2.24) is 14.8 Å². The summed E-state index contributed by atoms with van der Waals surface area (Å²) in [5, 5.41) is 13.6. The smallest absolute Gasteiger partial charge is 0.265 e. The molecule has 1 fully saturated rings. The lowest BCUT2D eigenvalue weighted by molar-refractivity contribution is -0.112. The fourth-order valence-corrected chi connectivity index (χ4v) is 3.79. The number of nitrogens with zero attached hydrogens (tertiary/aromatic N) is 5. The van der Waals surface area contributed by atoms with Crippen LogP contribution in [0, 0.1) is 30.1 Å². The molecule has 29 heavy (non-hydrogen) atoms. The fourth-order valence-electron chi connectivity index (χ4n) is 3.42. The van der Waals surface area contributed by atoms with Gasteiger partial charge in [-0.25, -0.2) is 4.98 Å². The Hall–Kier alpha value is -3.16. The van der Waals surface area contributed by atoms with E-state index < -0.39 is 0 Å². The van der Waals surface area contributed by atoms with Crippen molar-refractivity contribution in [3.63, 3.8) is 0 Å². The van der Waals surface area contributed by atoms with Gasteiger partial charge in [0.2, 0.25) is 0 Å². The molecule has 0 unspecified atom stereocenters. The van der Waals surface area contributed by atoms with Gasteiger partial charge in [0, 0.05) is 11.5 Å². The Morgan fingerprint density at radius 2 is 2.10 bits per heavy atom. The molecule has 7 heteroatoms. The van der Waals surface area contributed by atoms with E-state index in [1.165, 1.54) is 0 Å². The maximum absolute atomic E-state index is 13.0. The monoisotopic (exact) mass is 447 g/mol. The van der Waals surface area contributed by atoms with Crippen LogP contribution in [0.4, 0.5) is 11.5 Å². The van der Waals surface area contributed by atoms with Gasteiger partial charge in [-0.3, -0.25) is 14.4 Å². The van der Waals surface area contributed by atoms with Crippen molar-refractivity contribution < 1.29 is 4.79 Å². The number of aryl methyl sites for hydroxylation is 2. The third-order valence-electron chi connectivity index (χ3n) is 5.02. The Morgan fingerprint density at radius 1 is 1.34 bits per heavy atom. The Kier molecular flexibility index (Phi) is 4.86. The SMILES string of the molecule is CC#CC(=O)N(c1ccc2c(n1)c(C#N)nn2C)c1cc(C)c(Br)cc1C1CC1. The molecule has 0 aliphatic heterocycles. The van der Waals surface area contributed by atoms with Gasteiger partial charge in [0.1, 0.15) is 17.4 Å². The first-order chi connectivity index (χ1) is 13.9. The molecule has 1 aromatic carbocycles. The first kappa shape index (κ1) is 19.2. The third kappa shape index (κ3) is 3.39. The first-order valence-corrected chi connectivity index (χ1v) is 10.0. The van der Waals surface area contributed by atoms with Gasteiger partial charge < -0.3 is 0 Å². The molecule has 0 atom stereocenters. The minimum absolute atomic E-state index is 0.229. The molecule has 4 rings (SSSR count). The number of fused-ring (bicyclic) bond motifs is 1. The van der Waals surface area contributed by atoms with E-state index in [0.29, 0.717) is 17.3 Å². The number of anilines is 2. The summed E-state index contributed by atoms with van der Waals surface area (Å²) < 4.78 is 2.63. The molecule has 1 aliphatic rings. The maximum Gasteiger partial charge on any atom is 0.308 e. The normalized spacial score (nSPS) is 12.9. The number of carbonyl (C=O) groups excluding carboxylic acids is 1. The van der Waals surface area contributed by atoms with E-state index in [1.807, 2.05) is 19.1 Å². The summed E-state index contributed by atoms with van der Waals surface area (Å²) in [7, 11) is 1.76. The first-order valence-electron chi connectivity index (χ1n) is 9.25. The van der Waals surface area contributed by atoms with Crippen LogP contribution < -0.4 is 4.90 Å². The summed E-state index contributed by atoms with van der Waals surface area (Å²) in [6.45, 7) is 3.63. The van der Waals surface area contributed by atoms with Crippen molar-refractivity contribution >= 4 is 44.4 Å². The predicted molar refractivity (Wildman–Crippen MR) is 115 cm³/mol. The zero-order chi connectivity index (χ0) is 20.7. The largest absolute Gasteiger partial charge is 0.308 e. The number of rotatable bonds is 3. The molecule has 6 nitrogen and oxygen atoms in total. The van der Waals surface area contributed by atoms with Crippen LogP contribution in [0.15, 0.2) is 28.7 Å². The standard InChI is InChI=1S/C22H18BrN5O/c1-4-5-21(29)28(19-10-13(2)16(23)11-15(19)14-6-7-14)20-9-8-18-22(25-20)17(12-24)26-27(18)3/h8-11,14H,6-7H2,1-3H3. The minimum Gasteiger partial charge on any atom is -0.265 e. The van der Waals surface area contributed by atoms with Gasteiger partial charge in [0.05, 0.1) is 11.2 Å². The van der Waals surface area contributed by atoms with Crippen LogP contribution in [0.3, 0.4) is 0 Å². The summed E-state index contributed by atoms with van der Waals surface area (Å²) in [6.07, 6.45) is 2.19. The summed E-state index contributed by atoms with van der Waals surface area (Å²) >= 11 is 3.61. The van der Waals surface area contributed by atoms with Crippen LogP contribution in [-0.2, 0) is 11.8 Å². The van der Waals surface area contributed by atoms with Gasteiger partial charge in [0.15, 0.2) is 5.69 Å². The van der Waals surface area contributed by atoms with E-state index in [0.717, 1.165) is 39.6 Å². The highest BCUT2D eigenvalue weighted by Crippen LogP contribution is 2.47. The second-order valence-electron chi connectivity index (χ2n) is 7.07. The average molecular weight is 448 g/mol. The van der Waals surface area contributed by atoms with Crippen LogP contribution in [0.5, 0.6) is 0 Å². The van der Waals surface area contributed by atoms with Crippen molar-refractivity contribution in [3.8, 4) is 17.9 Å². The number of hydrogen-bond donors (Lipinski definition) is 0. The summed E-state index contributed by atoms with van der Waals surface area (Å²) in [5.41, 5.74) is 4.34. The summed E-state index contributed by atoms with van der Waals surface area (Å²) in [6, 6.07) is 9.76. The highest BCUT2D eigenvalue weighted by Gasteiger charge is 2.31. The Balaban J connectivity index is 1.96. The molecule has 1 aliphatic carbocycles. The van der Waals surface area contributed by atoms with Crippen LogP contribution in [0.2, 0.25) is 0 Å². The molecule has 0 radical (unpaired) electrons. The van der Waals surface area contributed by atoms with Crippen LogP contribution in [0.25, 0.3) is 11.0 Å². The van der Waals surface area contributed by atoms with E-state index in [2.05, 4.69) is 50.0 Å². The van der Waals surface area contributed by atoms with Crippen molar-refractivity contribution in [3.05, 3.63) is 45.6 Å². The summed E-state index contributed by atoms with van der Waals surface area (Å²) in [5.74, 6) is 5.83. The number of aromatic nitrogens is 3. The third-order valence-corrected chi connectivity index (χ3v) is 5.87. The van der Waals surface area contributed by atoms with Crippen LogP contribution >= 0.6 is 15.9 Å². The molecule has 2 aromatic heterocycles. The second-order valence-corrected chi connectivity index (χ2v) is 7.93. The van der Waals surface area contributed by atoms with Gasteiger partial charge >= 0.3 is 5.91 Å². The minimum atomic E-state index is -0.356. The number of carbonyl (C=O) groups is 1. The molecule has 144 valence electrons. The van der Waals surface area contributed by atoms with Gasteiger partial charge in [-0.15, -0.1) is 0 Å². The van der Waals surface area contributed by atoms with Crippen molar-refractivity contribution in [2.45, 2.75) is 32.6 Å². The Morgan fingerprint density at radius 3 is 2.76 bits per heavy atom. The van der Waals surface area contributed by atoms with E-state index in [-0.39, 0.29) is 11.6 Å². The highest BCUT2D eigenvalue weighted by molar-refractivity contribution is 9.10. The molecule has 0 bridgehead atoms. The highest BCUT2D eigenvalue weighted by atomic mass is 79.9. The molecule has 3 aromatic rings. The van der Waals surface area contributed by atoms with E-state index in [4.69, 9.17) is 0 Å². The molecular formula is C22H18BrN5O. The quantitative estimate of drug-likeness (QED) is 0.554. The van der Waals surface area contributed by atoms with Crippen molar-refractivity contribution in [1.29, 1.82) is 5.26 Å². The molecule has 1 saturated carbocycles. The number of halogens is 1. The molecule has 0 spiro atoms. The van der Waals surface area contributed by atoms with Crippen LogP contribution in [-0.4, -0.2) is 20.7 Å². The number of hydrogen-bond acceptors (Lipinski definition) is 4. The molecule has 0 saturated heterocycles. The van der Waals surface area contributed by atoms with Gasteiger partial charge in [-0.1, -0.05) is 21.9 Å². The molecule has 1 amide bonds. The zero-order valence-corrected chi connectivity index (χ0v) is 17.9. The predicted octanol–water partition coefficient (Wildman–Crippen LogP) is 4.48. The van der Waals surface area contributed by atoms with Gasteiger partial charge in [0.25, 0.3) is 0 Å². The van der Waals surface area contributed by atoms with E-state index in [9.17, 15) is 10.1 Å². The fraction of sp³-hybridized carbons (Fsp3) is 0.273. The van der Waals surface area contributed by atoms with Crippen molar-refractivity contribution in [2.24, 2.45) is 7.05 Å². The number of nitriles is 1. The molecule has 0 N–H and O–H groups in total. The van der Waals surface area contributed by atoms with Crippen molar-refractivity contribution in [2.75, 3.05) is 4.90 Å². The topological polar surface area (TPSA) is 74.8 Å². The average Bonchev–Trinajstić information content (AvgIpc) is 3.49. The lowest BCUT2D eigenvalue weighted by Crippen LogP contribution is -2.26. The number of pyridine rings is 1. The van der Waals surface area contributed by atoms with Gasteiger partial charge in [-0.2, -0.15) is 10.4 Å². The van der Waals surface area contributed by atoms with Crippen LogP contribution in [0.1, 0.15) is 42.5 Å². The Labute approximate surface area is 177 Å². The van der Waals surface area contributed by atoms with E-state index in [1.54, 1.807) is 29.6 Å². The number of benzene rings is 1. The summed E-state index contributed by atoms with van der Waals surface area (Å²) in [4.78, 5) is 19.2. The molecular weight excluding hydrogens is 430 g/mol.